The van der Waals surface area contributed by atoms with Crippen molar-refractivity contribution in [2.45, 2.75) is 32.9 Å². The number of ether oxygens (including phenoxy) is 1. The standard InChI is InChI=1S/C15H22N4O/c1-12-11-19(9-6-10-20-3)15(17-12)18-13(2)14-7-4-5-8-16-14/h4-5,7-8,11,13H,6,9-10H2,1-3H3,(H,17,18). The van der Waals surface area contributed by atoms with Crippen molar-refractivity contribution < 1.29 is 4.74 Å². The van der Waals surface area contributed by atoms with Crippen molar-refractivity contribution in [2.24, 2.45) is 0 Å². The van der Waals surface area contributed by atoms with Crippen LogP contribution in [0.25, 0.3) is 0 Å². The van der Waals surface area contributed by atoms with Crippen LogP contribution in [0.3, 0.4) is 0 Å². The van der Waals surface area contributed by atoms with Crippen LogP contribution in [-0.4, -0.2) is 28.3 Å². The van der Waals surface area contributed by atoms with E-state index in [0.717, 1.165) is 36.9 Å². The molecule has 0 saturated carbocycles. The molecule has 5 nitrogen and oxygen atoms in total. The molecule has 1 unspecified atom stereocenters. The van der Waals surface area contributed by atoms with Gasteiger partial charge in [0, 0.05) is 32.7 Å². The van der Waals surface area contributed by atoms with Gasteiger partial charge in [-0.3, -0.25) is 4.98 Å². The fourth-order valence-electron chi connectivity index (χ4n) is 2.11. The van der Waals surface area contributed by atoms with Gasteiger partial charge in [-0.25, -0.2) is 4.98 Å². The number of hydrogen-bond donors (Lipinski definition) is 1. The minimum Gasteiger partial charge on any atom is -0.385 e. The number of methoxy groups -OCH3 is 1. The molecule has 1 N–H and O–H groups in total. The number of rotatable bonds is 7. The number of anilines is 1. The van der Waals surface area contributed by atoms with E-state index >= 15 is 0 Å². The van der Waals surface area contributed by atoms with Crippen molar-refractivity contribution in [1.82, 2.24) is 14.5 Å². The molecule has 0 aromatic carbocycles. The molecule has 2 aromatic heterocycles. The number of hydrogen-bond acceptors (Lipinski definition) is 4. The summed E-state index contributed by atoms with van der Waals surface area (Å²) < 4.78 is 7.23. The van der Waals surface area contributed by atoms with E-state index in [9.17, 15) is 0 Å². The number of aromatic nitrogens is 3. The Bertz CT molecular complexity index is 524. The van der Waals surface area contributed by atoms with Crippen LogP contribution < -0.4 is 5.32 Å². The maximum atomic E-state index is 5.10. The Kier molecular flexibility index (Phi) is 5.12. The van der Waals surface area contributed by atoms with Crippen molar-refractivity contribution in [3.05, 3.63) is 42.0 Å². The average Bonchev–Trinajstić information content (AvgIpc) is 2.80. The van der Waals surface area contributed by atoms with Crippen LogP contribution in [0.2, 0.25) is 0 Å². The van der Waals surface area contributed by atoms with Gasteiger partial charge in [0.05, 0.1) is 17.4 Å². The summed E-state index contributed by atoms with van der Waals surface area (Å²) in [4.78, 5) is 8.91. The van der Waals surface area contributed by atoms with Gasteiger partial charge in [0.25, 0.3) is 0 Å². The summed E-state index contributed by atoms with van der Waals surface area (Å²) in [5.74, 6) is 0.886. The molecular weight excluding hydrogens is 252 g/mol. The highest BCUT2D eigenvalue weighted by Crippen LogP contribution is 2.17. The first-order chi connectivity index (χ1) is 9.70. The van der Waals surface area contributed by atoms with Crippen LogP contribution in [-0.2, 0) is 11.3 Å². The van der Waals surface area contributed by atoms with Gasteiger partial charge in [-0.2, -0.15) is 0 Å². The third-order valence-electron chi connectivity index (χ3n) is 3.12. The quantitative estimate of drug-likeness (QED) is 0.789. The Morgan fingerprint density at radius 1 is 1.40 bits per heavy atom. The summed E-state index contributed by atoms with van der Waals surface area (Å²) in [6, 6.07) is 6.06. The molecule has 1 atom stereocenters. The van der Waals surface area contributed by atoms with Crippen LogP contribution in [0.1, 0.15) is 30.8 Å². The highest BCUT2D eigenvalue weighted by Gasteiger charge is 2.11. The van der Waals surface area contributed by atoms with Crippen LogP contribution in [0.15, 0.2) is 30.6 Å². The summed E-state index contributed by atoms with van der Waals surface area (Å²) in [6.07, 6.45) is 4.84. The highest BCUT2D eigenvalue weighted by atomic mass is 16.5. The van der Waals surface area contributed by atoms with E-state index in [1.807, 2.05) is 31.3 Å². The van der Waals surface area contributed by atoms with Gasteiger partial charge in [-0.05, 0) is 32.4 Å². The largest absolute Gasteiger partial charge is 0.385 e. The van der Waals surface area contributed by atoms with Gasteiger partial charge >= 0.3 is 0 Å². The SMILES string of the molecule is COCCCn1cc(C)nc1NC(C)c1ccccn1. The van der Waals surface area contributed by atoms with Crippen LogP contribution in [0.5, 0.6) is 0 Å². The normalized spacial score (nSPS) is 12.3. The van der Waals surface area contributed by atoms with Gasteiger partial charge in [0.15, 0.2) is 0 Å². The molecule has 20 heavy (non-hydrogen) atoms. The second-order valence-electron chi connectivity index (χ2n) is 4.87. The number of pyridine rings is 1. The smallest absolute Gasteiger partial charge is 0.203 e. The van der Waals surface area contributed by atoms with Crippen LogP contribution in [0.4, 0.5) is 5.95 Å². The zero-order chi connectivity index (χ0) is 14.4. The maximum Gasteiger partial charge on any atom is 0.203 e. The summed E-state index contributed by atoms with van der Waals surface area (Å²) >= 11 is 0. The van der Waals surface area contributed by atoms with Crippen molar-refractivity contribution in [3.63, 3.8) is 0 Å². The Labute approximate surface area is 120 Å². The van der Waals surface area contributed by atoms with Gasteiger partial charge in [0.2, 0.25) is 5.95 Å². The monoisotopic (exact) mass is 274 g/mol. The molecule has 2 aromatic rings. The van der Waals surface area contributed by atoms with Crippen molar-refractivity contribution in [3.8, 4) is 0 Å². The molecule has 0 spiro atoms. The molecule has 0 aliphatic carbocycles. The van der Waals surface area contributed by atoms with E-state index in [4.69, 9.17) is 4.74 Å². The Hall–Kier alpha value is -1.88. The fourth-order valence-corrected chi connectivity index (χ4v) is 2.11. The number of imidazole rings is 1. The zero-order valence-electron chi connectivity index (χ0n) is 12.3. The number of nitrogens with zero attached hydrogens (tertiary/aromatic N) is 3. The minimum atomic E-state index is 0.124. The highest BCUT2D eigenvalue weighted by molar-refractivity contribution is 5.32. The fraction of sp³-hybridized carbons (Fsp3) is 0.467. The van der Waals surface area contributed by atoms with Crippen molar-refractivity contribution >= 4 is 5.95 Å². The molecule has 108 valence electrons. The summed E-state index contributed by atoms with van der Waals surface area (Å²) in [5, 5.41) is 3.42. The first-order valence-electron chi connectivity index (χ1n) is 6.91. The predicted molar refractivity (Wildman–Crippen MR) is 79.7 cm³/mol. The van der Waals surface area contributed by atoms with E-state index in [2.05, 4.69) is 33.0 Å². The molecule has 2 heterocycles. The molecule has 0 aliphatic heterocycles. The van der Waals surface area contributed by atoms with Crippen molar-refractivity contribution in [1.29, 1.82) is 0 Å². The minimum absolute atomic E-state index is 0.124. The van der Waals surface area contributed by atoms with Gasteiger partial charge in [0.1, 0.15) is 0 Å². The molecule has 5 heteroatoms. The van der Waals surface area contributed by atoms with E-state index in [1.54, 1.807) is 7.11 Å². The molecule has 0 bridgehead atoms. The second kappa shape index (κ2) is 7.05. The second-order valence-corrected chi connectivity index (χ2v) is 4.87. The molecule has 0 amide bonds. The predicted octanol–water partition coefficient (Wildman–Crippen LogP) is 2.80. The number of nitrogens with one attached hydrogen (secondary N) is 1. The van der Waals surface area contributed by atoms with E-state index in [1.165, 1.54) is 0 Å². The topological polar surface area (TPSA) is 52.0 Å². The lowest BCUT2D eigenvalue weighted by Crippen LogP contribution is -2.13. The maximum absolute atomic E-state index is 5.10. The molecule has 0 radical (unpaired) electrons. The van der Waals surface area contributed by atoms with E-state index in [-0.39, 0.29) is 6.04 Å². The van der Waals surface area contributed by atoms with E-state index in [0.29, 0.717) is 0 Å². The Morgan fingerprint density at radius 3 is 2.95 bits per heavy atom. The lowest BCUT2D eigenvalue weighted by Gasteiger charge is -2.15. The first-order valence-corrected chi connectivity index (χ1v) is 6.91. The summed E-state index contributed by atoms with van der Waals surface area (Å²) in [5.41, 5.74) is 2.02. The first kappa shape index (κ1) is 14.5. The molecule has 0 saturated heterocycles. The Balaban J connectivity index is 2.05. The molecule has 0 fully saturated rings. The summed E-state index contributed by atoms with van der Waals surface area (Å²) in [7, 11) is 1.72. The average molecular weight is 274 g/mol. The van der Waals surface area contributed by atoms with Crippen LogP contribution in [0, 0.1) is 6.92 Å². The third kappa shape index (κ3) is 3.81. The molecule has 0 aliphatic rings. The van der Waals surface area contributed by atoms with E-state index < -0.39 is 0 Å². The van der Waals surface area contributed by atoms with Crippen molar-refractivity contribution in [2.75, 3.05) is 19.0 Å². The van der Waals surface area contributed by atoms with Crippen LogP contribution >= 0.6 is 0 Å². The number of aryl methyl sites for hydroxylation is 2. The zero-order valence-corrected chi connectivity index (χ0v) is 12.3. The Morgan fingerprint density at radius 2 is 2.25 bits per heavy atom. The van der Waals surface area contributed by atoms with Gasteiger partial charge in [-0.1, -0.05) is 6.07 Å². The third-order valence-corrected chi connectivity index (χ3v) is 3.12. The molecular formula is C15H22N4O. The lowest BCUT2D eigenvalue weighted by atomic mass is 10.2. The summed E-state index contributed by atoms with van der Waals surface area (Å²) in [6.45, 7) is 5.74. The molecule has 2 rings (SSSR count). The lowest BCUT2D eigenvalue weighted by molar-refractivity contribution is 0.190. The van der Waals surface area contributed by atoms with Gasteiger partial charge < -0.3 is 14.6 Å². The van der Waals surface area contributed by atoms with Gasteiger partial charge in [-0.15, -0.1) is 0 Å².